The van der Waals surface area contributed by atoms with Crippen LogP contribution in [0.2, 0.25) is 39.3 Å². The Balaban J connectivity index is 1.29. The standard InChI is InChI=1S/C44H62N2P2Si2/c1-49(2,3)38-21-36(37(22-39(38)50(4,5)6)44(47,40-11-7-9-13-45-40)41-12-8-10-14-46-41)29-48(42-23-30-15-31(24-42)17-32(16-30)25-42)43-26-33-18-34(27-43)20-35(19-33)28-43/h7-14,21-22,30-35H,15-20,23-29,47H2,1-6H3. The fourth-order valence-corrected chi connectivity index (χ4v) is 24.7. The summed E-state index contributed by atoms with van der Waals surface area (Å²) >= 11 is 0. The summed E-state index contributed by atoms with van der Waals surface area (Å²) in [6.45, 7) is 15.6. The zero-order valence-corrected chi connectivity index (χ0v) is 35.9. The Kier molecular flexibility index (Phi) is 8.41. The zero-order valence-electron chi connectivity index (χ0n) is 31.8. The molecule has 2 aromatic heterocycles. The summed E-state index contributed by atoms with van der Waals surface area (Å²) in [5.41, 5.74) is 5.40. The van der Waals surface area contributed by atoms with Gasteiger partial charge in [0, 0.05) is 12.4 Å². The first-order chi connectivity index (χ1) is 23.7. The molecule has 50 heavy (non-hydrogen) atoms. The van der Waals surface area contributed by atoms with Crippen molar-refractivity contribution in [2.45, 2.75) is 138 Å². The van der Waals surface area contributed by atoms with Gasteiger partial charge in [-0.25, -0.2) is 0 Å². The predicted molar refractivity (Wildman–Crippen MR) is 223 cm³/mol. The van der Waals surface area contributed by atoms with Crippen LogP contribution in [0.3, 0.4) is 0 Å². The lowest BCUT2D eigenvalue weighted by Gasteiger charge is -2.67. The highest BCUT2D eigenvalue weighted by molar-refractivity contribution is 7.60. The van der Waals surface area contributed by atoms with Crippen molar-refractivity contribution in [3.8, 4) is 0 Å². The molecule has 8 fully saturated rings. The second-order valence-electron chi connectivity index (χ2n) is 20.7. The second-order valence-corrected chi connectivity index (χ2v) is 34.7. The Labute approximate surface area is 309 Å². The van der Waals surface area contributed by atoms with Crippen LogP contribution in [0.15, 0.2) is 60.9 Å². The van der Waals surface area contributed by atoms with Gasteiger partial charge in [-0.05, 0) is 164 Å². The summed E-state index contributed by atoms with van der Waals surface area (Å²) in [5.74, 6) is 6.05. The largest absolute Gasteiger partial charge is 0.260 e. The highest BCUT2D eigenvalue weighted by atomic mass is 31.1. The molecule has 1 atom stereocenters. The van der Waals surface area contributed by atoms with Gasteiger partial charge in [-0.3, -0.25) is 9.97 Å². The number of nitrogens with zero attached hydrogens (tertiary/aromatic N) is 2. The molecular weight excluding hydrogens is 675 g/mol. The highest BCUT2D eigenvalue weighted by Gasteiger charge is 2.62. The van der Waals surface area contributed by atoms with E-state index in [0.29, 0.717) is 10.3 Å². The molecule has 8 aliphatic carbocycles. The number of aromatic nitrogens is 2. The van der Waals surface area contributed by atoms with Gasteiger partial charge in [0.2, 0.25) is 0 Å². The smallest absolute Gasteiger partial charge is 0.0935 e. The summed E-state index contributed by atoms with van der Waals surface area (Å²) in [6, 6.07) is 18.7. The van der Waals surface area contributed by atoms with Crippen LogP contribution >= 0.6 is 17.2 Å². The number of pyridine rings is 2. The van der Waals surface area contributed by atoms with Gasteiger partial charge in [-0.2, -0.15) is 0 Å². The van der Waals surface area contributed by atoms with E-state index in [4.69, 9.17) is 9.97 Å². The molecule has 1 aromatic carbocycles. The maximum atomic E-state index is 5.16. The van der Waals surface area contributed by atoms with E-state index in [0.717, 1.165) is 46.9 Å². The van der Waals surface area contributed by atoms with E-state index in [2.05, 4.69) is 97.1 Å². The van der Waals surface area contributed by atoms with Gasteiger partial charge < -0.3 is 0 Å². The third-order valence-electron chi connectivity index (χ3n) is 14.9. The van der Waals surface area contributed by atoms with E-state index in [1.165, 1.54) is 11.7 Å². The predicted octanol–water partition coefficient (Wildman–Crippen LogP) is 10.7. The Morgan fingerprint density at radius 1 is 0.620 bits per heavy atom. The van der Waals surface area contributed by atoms with Gasteiger partial charge >= 0.3 is 0 Å². The highest BCUT2D eigenvalue weighted by Crippen LogP contribution is 2.80. The number of rotatable bonds is 9. The van der Waals surface area contributed by atoms with Crippen molar-refractivity contribution in [2.24, 2.45) is 35.5 Å². The molecule has 2 nitrogen and oxygen atoms in total. The van der Waals surface area contributed by atoms with E-state index in [1.54, 1.807) is 93.0 Å². The van der Waals surface area contributed by atoms with E-state index < -0.39 is 21.3 Å². The lowest BCUT2D eigenvalue weighted by atomic mass is 9.55. The molecule has 6 heteroatoms. The molecule has 11 rings (SSSR count). The van der Waals surface area contributed by atoms with Crippen molar-refractivity contribution >= 4 is 43.7 Å². The number of hydrogen-bond acceptors (Lipinski definition) is 2. The summed E-state index contributed by atoms with van der Waals surface area (Å²) in [7, 11) is -0.123. The molecule has 266 valence electrons. The second kappa shape index (κ2) is 12.2. The van der Waals surface area contributed by atoms with Gasteiger partial charge in [0.15, 0.2) is 0 Å². The molecule has 3 aromatic rings. The average molecular weight is 737 g/mol. The molecule has 0 spiro atoms. The Morgan fingerprint density at radius 2 is 1.00 bits per heavy atom. The van der Waals surface area contributed by atoms with Gasteiger partial charge in [-0.15, -0.1) is 9.24 Å². The molecule has 0 saturated heterocycles. The minimum atomic E-state index is -1.69. The molecular formula is C44H62N2P2Si2. The van der Waals surface area contributed by atoms with Crippen molar-refractivity contribution in [1.29, 1.82) is 0 Å². The van der Waals surface area contributed by atoms with E-state index in [-0.39, 0.29) is 7.92 Å². The van der Waals surface area contributed by atoms with Gasteiger partial charge in [0.25, 0.3) is 0 Å². The first-order valence-electron chi connectivity index (χ1n) is 20.3. The molecule has 0 N–H and O–H groups in total. The normalized spacial score (nSPS) is 35.1. The summed E-state index contributed by atoms with van der Waals surface area (Å²) in [4.78, 5) is 10.3. The first-order valence-corrected chi connectivity index (χ1v) is 29.4. The third kappa shape index (κ3) is 5.74. The van der Waals surface area contributed by atoms with Crippen molar-refractivity contribution in [2.75, 3.05) is 0 Å². The fraction of sp³-hybridized carbons (Fsp3) is 0.636. The summed E-state index contributed by atoms with van der Waals surface area (Å²) < 4.78 is 0. The molecule has 2 heterocycles. The maximum absolute atomic E-state index is 5.16. The van der Waals surface area contributed by atoms with Gasteiger partial charge in [-0.1, -0.05) is 81.8 Å². The van der Waals surface area contributed by atoms with Crippen LogP contribution < -0.4 is 10.4 Å². The monoisotopic (exact) mass is 736 g/mol. The van der Waals surface area contributed by atoms with Gasteiger partial charge in [0.05, 0.1) is 32.7 Å². The van der Waals surface area contributed by atoms with Crippen molar-refractivity contribution in [3.05, 3.63) is 83.4 Å². The summed E-state index contributed by atoms with van der Waals surface area (Å²) in [5, 5.41) is 4.14. The molecule has 0 aliphatic heterocycles. The van der Waals surface area contributed by atoms with E-state index >= 15 is 0 Å². The fourth-order valence-electron chi connectivity index (χ4n) is 13.8. The van der Waals surface area contributed by atoms with Crippen LogP contribution in [-0.4, -0.2) is 36.4 Å². The average Bonchev–Trinajstić information content (AvgIpc) is 3.05. The Bertz CT molecular complexity index is 1590. The number of benzene rings is 1. The minimum Gasteiger partial charge on any atom is -0.260 e. The lowest BCUT2D eigenvalue weighted by molar-refractivity contribution is 0.0184. The van der Waals surface area contributed by atoms with E-state index in [1.807, 2.05) is 12.4 Å². The lowest BCUT2D eigenvalue weighted by Crippen LogP contribution is -2.57. The van der Waals surface area contributed by atoms with Gasteiger partial charge in [0.1, 0.15) is 0 Å². The third-order valence-corrected chi connectivity index (χ3v) is 24.2. The molecule has 0 radical (unpaired) electrons. The minimum absolute atomic E-state index is 0.196. The molecule has 0 amide bonds. The molecule has 8 aliphatic rings. The van der Waals surface area contributed by atoms with Crippen LogP contribution in [0.25, 0.3) is 0 Å². The van der Waals surface area contributed by atoms with Crippen molar-refractivity contribution in [1.82, 2.24) is 9.97 Å². The van der Waals surface area contributed by atoms with Crippen LogP contribution in [0, 0.1) is 35.5 Å². The number of hydrogen-bond donors (Lipinski definition) is 0. The van der Waals surface area contributed by atoms with Crippen molar-refractivity contribution < 1.29 is 0 Å². The topological polar surface area (TPSA) is 25.8 Å². The summed E-state index contributed by atoms with van der Waals surface area (Å²) in [6.07, 6.45) is 24.0. The Hall–Kier alpha value is -1.19. The molecule has 8 saturated carbocycles. The Morgan fingerprint density at radius 3 is 1.34 bits per heavy atom. The van der Waals surface area contributed by atoms with Crippen LogP contribution in [0.5, 0.6) is 0 Å². The van der Waals surface area contributed by atoms with Crippen LogP contribution in [0.1, 0.15) is 99.6 Å². The first kappa shape index (κ1) is 34.6. The van der Waals surface area contributed by atoms with E-state index in [9.17, 15) is 0 Å². The maximum Gasteiger partial charge on any atom is 0.0935 e. The van der Waals surface area contributed by atoms with Crippen molar-refractivity contribution in [3.63, 3.8) is 0 Å². The van der Waals surface area contributed by atoms with Crippen LogP contribution in [-0.2, 0) is 11.3 Å². The molecule has 1 unspecified atom stereocenters. The molecule has 8 bridgehead atoms. The quantitative estimate of drug-likeness (QED) is 0.161. The van der Waals surface area contributed by atoms with Crippen LogP contribution in [0.4, 0.5) is 0 Å². The SMILES string of the molecule is C[Si](C)(C)c1cc(CP(C23CC4CC(CC(C4)C2)C3)C23CC4CC(CC(C4)C2)C3)c(C(P)(c2ccccn2)c2ccccn2)cc1[Si](C)(C)C. The zero-order chi connectivity index (χ0) is 34.7.